The maximum Gasteiger partial charge on any atom is 0.0339 e. The van der Waals surface area contributed by atoms with Gasteiger partial charge in [-0.25, -0.2) is 0 Å². The van der Waals surface area contributed by atoms with Crippen molar-refractivity contribution in [3.05, 3.63) is 204 Å². The average molecular weight is 503 g/mol. The number of allylic oxidation sites excluding steroid dienone is 5. The minimum atomic E-state index is 0.148. The zero-order chi connectivity index (χ0) is 26.9. The van der Waals surface area contributed by atoms with Gasteiger partial charge in [-0.15, -0.1) is 0 Å². The molecule has 39 heavy (non-hydrogen) atoms. The lowest BCUT2D eigenvalue weighted by atomic mass is 9.83. The van der Waals surface area contributed by atoms with E-state index in [-0.39, 0.29) is 11.8 Å². The van der Waals surface area contributed by atoms with Crippen LogP contribution in [-0.4, -0.2) is 0 Å². The maximum absolute atomic E-state index is 3.95. The summed E-state index contributed by atoms with van der Waals surface area (Å²) >= 11 is 0. The Bertz CT molecular complexity index is 1480. The molecule has 5 aromatic carbocycles. The van der Waals surface area contributed by atoms with Crippen LogP contribution in [0.2, 0.25) is 0 Å². The summed E-state index contributed by atoms with van der Waals surface area (Å²) in [5.74, 6) is 0.353. The van der Waals surface area contributed by atoms with Crippen LogP contribution in [0.25, 0.3) is 11.1 Å². The smallest absolute Gasteiger partial charge is 0.0339 e. The van der Waals surface area contributed by atoms with Crippen LogP contribution in [0.15, 0.2) is 176 Å². The van der Waals surface area contributed by atoms with Gasteiger partial charge in [0.1, 0.15) is 0 Å². The van der Waals surface area contributed by atoms with Crippen molar-refractivity contribution in [2.75, 3.05) is 0 Å². The predicted molar refractivity (Wildman–Crippen MR) is 167 cm³/mol. The van der Waals surface area contributed by atoms with Crippen molar-refractivity contribution in [3.63, 3.8) is 0 Å². The second-order valence-electron chi connectivity index (χ2n) is 9.74. The van der Waals surface area contributed by atoms with Gasteiger partial charge in [-0.2, -0.15) is 0 Å². The van der Waals surface area contributed by atoms with Crippen molar-refractivity contribution < 1.29 is 0 Å². The zero-order valence-electron chi connectivity index (χ0n) is 22.5. The Hall–Kier alpha value is -4.68. The Morgan fingerprint density at radius 3 is 1.33 bits per heavy atom. The molecule has 0 nitrogen and oxygen atoms in total. The van der Waals surface area contributed by atoms with Crippen molar-refractivity contribution in [2.45, 2.75) is 18.8 Å². The first kappa shape index (κ1) is 25.9. The fourth-order valence-corrected chi connectivity index (χ4v) is 5.40. The van der Waals surface area contributed by atoms with Crippen LogP contribution in [0.4, 0.5) is 0 Å². The maximum atomic E-state index is 3.95. The summed E-state index contributed by atoms with van der Waals surface area (Å²) in [5, 5.41) is 0. The van der Waals surface area contributed by atoms with Crippen LogP contribution in [0.3, 0.4) is 0 Å². The van der Waals surface area contributed by atoms with Crippen LogP contribution >= 0.6 is 0 Å². The molecule has 0 spiro atoms. The van der Waals surface area contributed by atoms with Gasteiger partial charge < -0.3 is 0 Å². The highest BCUT2D eigenvalue weighted by molar-refractivity contribution is 5.65. The molecule has 0 saturated heterocycles. The quantitative estimate of drug-likeness (QED) is 0.139. The van der Waals surface area contributed by atoms with E-state index in [1.807, 2.05) is 6.08 Å². The molecule has 0 aromatic heterocycles. The molecule has 0 bridgehead atoms. The highest BCUT2D eigenvalue weighted by Gasteiger charge is 2.18. The van der Waals surface area contributed by atoms with Crippen LogP contribution in [-0.2, 0) is 0 Å². The van der Waals surface area contributed by atoms with Gasteiger partial charge in [-0.1, -0.05) is 170 Å². The Balaban J connectivity index is 1.46. The molecule has 1 unspecified atom stereocenters. The molecule has 0 radical (unpaired) electrons. The van der Waals surface area contributed by atoms with Crippen molar-refractivity contribution in [1.82, 2.24) is 0 Å². The van der Waals surface area contributed by atoms with E-state index in [0.717, 1.165) is 0 Å². The topological polar surface area (TPSA) is 0 Å². The molecule has 0 heterocycles. The van der Waals surface area contributed by atoms with E-state index in [2.05, 4.69) is 171 Å². The molecular formula is C39H34. The van der Waals surface area contributed by atoms with E-state index < -0.39 is 0 Å². The third kappa shape index (κ3) is 6.08. The Labute approximate surface area is 233 Å². The normalized spacial score (nSPS) is 12.5. The van der Waals surface area contributed by atoms with Gasteiger partial charge in [0.05, 0.1) is 0 Å². The van der Waals surface area contributed by atoms with Gasteiger partial charge in [0.2, 0.25) is 0 Å². The Kier molecular flexibility index (Phi) is 8.46. The number of benzene rings is 5. The minimum Gasteiger partial charge on any atom is -0.0991 e. The van der Waals surface area contributed by atoms with Crippen molar-refractivity contribution in [2.24, 2.45) is 0 Å². The summed E-state index contributed by atoms with van der Waals surface area (Å²) < 4.78 is 0. The van der Waals surface area contributed by atoms with E-state index in [1.54, 1.807) is 0 Å². The molecule has 5 rings (SSSR count). The molecule has 190 valence electrons. The number of rotatable bonds is 9. The molecule has 0 fully saturated rings. The van der Waals surface area contributed by atoms with Crippen molar-refractivity contribution >= 4 is 0 Å². The van der Waals surface area contributed by atoms with Gasteiger partial charge >= 0.3 is 0 Å². The minimum absolute atomic E-state index is 0.148. The van der Waals surface area contributed by atoms with E-state index in [4.69, 9.17) is 0 Å². The summed E-state index contributed by atoms with van der Waals surface area (Å²) in [7, 11) is 0. The molecule has 5 aromatic rings. The molecular weight excluding hydrogens is 468 g/mol. The monoisotopic (exact) mass is 502 g/mol. The molecule has 0 amide bonds. The number of hydrogen-bond acceptors (Lipinski definition) is 0. The van der Waals surface area contributed by atoms with Crippen LogP contribution in [0.1, 0.15) is 46.6 Å². The summed E-state index contributed by atoms with van der Waals surface area (Å²) in [6, 6.07) is 50.3. The SMILES string of the molecule is C=C/C=C(\C=C/C)C(c1ccccc1)c1ccc(-c2ccc(C(c3ccccc3)c3ccccc3)cc2)cc1. The first-order chi connectivity index (χ1) is 19.3. The second-order valence-corrected chi connectivity index (χ2v) is 9.74. The molecule has 0 N–H and O–H groups in total. The lowest BCUT2D eigenvalue weighted by molar-refractivity contribution is 0.975. The molecule has 0 saturated carbocycles. The van der Waals surface area contributed by atoms with Gasteiger partial charge in [0, 0.05) is 11.8 Å². The summed E-state index contributed by atoms with van der Waals surface area (Å²) in [4.78, 5) is 0. The lowest BCUT2D eigenvalue weighted by Gasteiger charge is -2.21. The van der Waals surface area contributed by atoms with E-state index in [1.165, 1.54) is 44.5 Å². The van der Waals surface area contributed by atoms with E-state index in [9.17, 15) is 0 Å². The highest BCUT2D eigenvalue weighted by Crippen LogP contribution is 2.36. The molecule has 1 atom stereocenters. The van der Waals surface area contributed by atoms with E-state index in [0.29, 0.717) is 0 Å². The van der Waals surface area contributed by atoms with Crippen LogP contribution in [0.5, 0.6) is 0 Å². The summed E-state index contributed by atoms with van der Waals surface area (Å²) in [6.07, 6.45) is 8.26. The third-order valence-corrected chi connectivity index (χ3v) is 7.22. The van der Waals surface area contributed by atoms with Crippen LogP contribution < -0.4 is 0 Å². The van der Waals surface area contributed by atoms with Crippen LogP contribution in [0, 0.1) is 0 Å². The summed E-state index contributed by atoms with van der Waals surface area (Å²) in [5.41, 5.74) is 10.1. The Morgan fingerprint density at radius 1 is 0.513 bits per heavy atom. The van der Waals surface area contributed by atoms with Crippen molar-refractivity contribution in [3.8, 4) is 11.1 Å². The summed E-state index contributed by atoms with van der Waals surface area (Å²) in [6.45, 7) is 6.02. The largest absolute Gasteiger partial charge is 0.0991 e. The van der Waals surface area contributed by atoms with Gasteiger partial charge in [0.25, 0.3) is 0 Å². The molecule has 0 aliphatic rings. The highest BCUT2D eigenvalue weighted by atomic mass is 14.2. The standard InChI is InChI=1S/C39H34/c1-3-14-32(15-4-2)38(33-16-8-5-9-17-33)36-26-22-30(23-27-36)31-24-28-37(29-25-31)39(34-18-10-6-11-19-34)35-20-12-7-13-21-35/h3-29,38-39H,1H2,2H3/b15-4-,32-14+. The van der Waals surface area contributed by atoms with Gasteiger partial charge in [-0.3, -0.25) is 0 Å². The zero-order valence-corrected chi connectivity index (χ0v) is 22.5. The number of hydrogen-bond donors (Lipinski definition) is 0. The predicted octanol–water partition coefficient (Wildman–Crippen LogP) is 10.4. The first-order valence-corrected chi connectivity index (χ1v) is 13.6. The first-order valence-electron chi connectivity index (χ1n) is 13.6. The third-order valence-electron chi connectivity index (χ3n) is 7.22. The second kappa shape index (κ2) is 12.7. The lowest BCUT2D eigenvalue weighted by Crippen LogP contribution is -2.04. The van der Waals surface area contributed by atoms with Gasteiger partial charge in [0.15, 0.2) is 0 Å². The molecule has 0 aliphatic carbocycles. The van der Waals surface area contributed by atoms with Crippen molar-refractivity contribution in [1.29, 1.82) is 0 Å². The van der Waals surface area contributed by atoms with Gasteiger partial charge in [-0.05, 0) is 51.4 Å². The molecule has 0 aliphatic heterocycles. The Morgan fingerprint density at radius 2 is 0.897 bits per heavy atom. The fourth-order valence-electron chi connectivity index (χ4n) is 5.40. The molecule has 0 heteroatoms. The van der Waals surface area contributed by atoms with E-state index >= 15 is 0 Å². The average Bonchev–Trinajstić information content (AvgIpc) is 3.00. The fraction of sp³-hybridized carbons (Fsp3) is 0.0769.